The fraction of sp³-hybridized carbons (Fsp3) is 0.571. The maximum Gasteiger partial charge on any atom is 0.00734 e. The first-order valence-electron chi connectivity index (χ1n) is 5.75. The number of hydrogen-bond donors (Lipinski definition) is 1. The second-order valence-corrected chi connectivity index (χ2v) is 4.31. The van der Waals surface area contributed by atoms with Crippen LogP contribution in [0.1, 0.15) is 41.0 Å². The smallest absolute Gasteiger partial charge is 0.00734 e. The quantitative estimate of drug-likeness (QED) is 0.681. The first-order chi connectivity index (χ1) is 6.99. The third-order valence-electron chi connectivity index (χ3n) is 2.92. The van der Waals surface area contributed by atoms with E-state index in [2.05, 4.69) is 52.0 Å². The molecule has 2 N–H and O–H groups in total. The Morgan fingerprint density at radius 1 is 1.13 bits per heavy atom. The molecule has 0 aliphatic heterocycles. The van der Waals surface area contributed by atoms with Crippen LogP contribution in [0.4, 0.5) is 0 Å². The Morgan fingerprint density at radius 2 is 1.67 bits per heavy atom. The molecule has 0 amide bonds. The van der Waals surface area contributed by atoms with Crippen LogP contribution in [-0.2, 0) is 0 Å². The van der Waals surface area contributed by atoms with Crippen LogP contribution in [0.25, 0.3) is 0 Å². The Labute approximate surface area is 94.8 Å². The summed E-state index contributed by atoms with van der Waals surface area (Å²) in [4.78, 5) is 0. The van der Waals surface area contributed by atoms with Gasteiger partial charge in [-0.15, -0.1) is 0 Å². The summed E-state index contributed by atoms with van der Waals surface area (Å²) in [6.07, 6.45) is 9.60. The molecule has 2 atom stereocenters. The van der Waals surface area contributed by atoms with Crippen LogP contribution in [-0.4, -0.2) is 6.04 Å². The standard InChI is InChI=1S/C14H25N/c1-6-11(2)9-7-8-10-12(3)13(4)14(5)15/h7-10,13-14H,6,15H2,1-5H3/b8-7-,11-9+,12-10+. The molecule has 15 heavy (non-hydrogen) atoms. The van der Waals surface area contributed by atoms with Crippen molar-refractivity contribution in [3.8, 4) is 0 Å². The summed E-state index contributed by atoms with van der Waals surface area (Å²) in [7, 11) is 0. The Morgan fingerprint density at radius 3 is 2.13 bits per heavy atom. The van der Waals surface area contributed by atoms with Gasteiger partial charge in [-0.05, 0) is 33.1 Å². The molecule has 86 valence electrons. The van der Waals surface area contributed by atoms with E-state index in [9.17, 15) is 0 Å². The monoisotopic (exact) mass is 207 g/mol. The van der Waals surface area contributed by atoms with Crippen molar-refractivity contribution >= 4 is 0 Å². The minimum atomic E-state index is 0.225. The molecule has 0 spiro atoms. The van der Waals surface area contributed by atoms with E-state index in [0.29, 0.717) is 5.92 Å². The second kappa shape index (κ2) is 7.47. The summed E-state index contributed by atoms with van der Waals surface area (Å²) in [5.74, 6) is 0.450. The van der Waals surface area contributed by atoms with Gasteiger partial charge in [-0.25, -0.2) is 0 Å². The molecule has 0 aromatic rings. The molecule has 0 radical (unpaired) electrons. The molecule has 0 saturated carbocycles. The van der Waals surface area contributed by atoms with Gasteiger partial charge in [-0.1, -0.05) is 49.3 Å². The lowest BCUT2D eigenvalue weighted by Crippen LogP contribution is -2.24. The molecule has 0 aromatic carbocycles. The minimum absolute atomic E-state index is 0.225. The normalized spacial score (nSPS) is 18.3. The van der Waals surface area contributed by atoms with E-state index >= 15 is 0 Å². The van der Waals surface area contributed by atoms with Crippen molar-refractivity contribution in [2.75, 3.05) is 0 Å². The lowest BCUT2D eigenvalue weighted by molar-refractivity contribution is 0.553. The Bertz CT molecular complexity index is 257. The Balaban J connectivity index is 4.28. The van der Waals surface area contributed by atoms with Crippen molar-refractivity contribution in [1.82, 2.24) is 0 Å². The Kier molecular flexibility index (Phi) is 7.06. The van der Waals surface area contributed by atoms with Gasteiger partial charge in [0.2, 0.25) is 0 Å². The molecular weight excluding hydrogens is 182 g/mol. The van der Waals surface area contributed by atoms with Crippen LogP contribution in [0.3, 0.4) is 0 Å². The largest absolute Gasteiger partial charge is 0.327 e. The van der Waals surface area contributed by atoms with Gasteiger partial charge in [0, 0.05) is 6.04 Å². The maximum atomic E-state index is 5.83. The SMILES string of the molecule is CC/C(C)=C/C=C\C=C(/C)C(C)C(C)N. The fourth-order valence-corrected chi connectivity index (χ4v) is 1.11. The topological polar surface area (TPSA) is 26.0 Å². The van der Waals surface area contributed by atoms with Gasteiger partial charge in [0.1, 0.15) is 0 Å². The van der Waals surface area contributed by atoms with E-state index in [0.717, 1.165) is 6.42 Å². The summed E-state index contributed by atoms with van der Waals surface area (Å²) >= 11 is 0. The minimum Gasteiger partial charge on any atom is -0.327 e. The highest BCUT2D eigenvalue weighted by atomic mass is 14.6. The molecular formula is C14H25N. The zero-order chi connectivity index (χ0) is 11.8. The van der Waals surface area contributed by atoms with Crippen LogP contribution in [0, 0.1) is 5.92 Å². The predicted octanol–water partition coefficient (Wildman–Crippen LogP) is 3.83. The lowest BCUT2D eigenvalue weighted by Gasteiger charge is -2.15. The fourth-order valence-electron chi connectivity index (χ4n) is 1.11. The van der Waals surface area contributed by atoms with E-state index in [-0.39, 0.29) is 6.04 Å². The number of nitrogens with two attached hydrogens (primary N) is 1. The van der Waals surface area contributed by atoms with Crippen molar-refractivity contribution in [2.45, 2.75) is 47.1 Å². The van der Waals surface area contributed by atoms with Crippen LogP contribution in [0.2, 0.25) is 0 Å². The molecule has 1 heteroatoms. The van der Waals surface area contributed by atoms with Gasteiger partial charge in [-0.3, -0.25) is 0 Å². The highest BCUT2D eigenvalue weighted by Gasteiger charge is 2.07. The van der Waals surface area contributed by atoms with Gasteiger partial charge < -0.3 is 5.73 Å². The summed E-state index contributed by atoms with van der Waals surface area (Å²) in [5.41, 5.74) is 8.57. The van der Waals surface area contributed by atoms with Gasteiger partial charge in [-0.2, -0.15) is 0 Å². The van der Waals surface area contributed by atoms with Crippen molar-refractivity contribution in [3.63, 3.8) is 0 Å². The maximum absolute atomic E-state index is 5.83. The summed E-state index contributed by atoms with van der Waals surface area (Å²) in [5, 5.41) is 0. The van der Waals surface area contributed by atoms with E-state index in [1.54, 1.807) is 0 Å². The van der Waals surface area contributed by atoms with Crippen molar-refractivity contribution in [1.29, 1.82) is 0 Å². The van der Waals surface area contributed by atoms with Crippen molar-refractivity contribution in [2.24, 2.45) is 11.7 Å². The number of hydrogen-bond acceptors (Lipinski definition) is 1. The highest BCUT2D eigenvalue weighted by Crippen LogP contribution is 2.12. The molecule has 0 aromatic heterocycles. The molecule has 0 bridgehead atoms. The first-order valence-corrected chi connectivity index (χ1v) is 5.75. The summed E-state index contributed by atoms with van der Waals surface area (Å²) < 4.78 is 0. The third-order valence-corrected chi connectivity index (χ3v) is 2.92. The highest BCUT2D eigenvalue weighted by molar-refractivity contribution is 5.19. The van der Waals surface area contributed by atoms with Crippen molar-refractivity contribution < 1.29 is 0 Å². The van der Waals surface area contributed by atoms with Crippen LogP contribution < -0.4 is 5.73 Å². The average molecular weight is 207 g/mol. The van der Waals surface area contributed by atoms with Gasteiger partial charge in [0.25, 0.3) is 0 Å². The molecule has 0 rings (SSSR count). The first kappa shape index (κ1) is 14.2. The van der Waals surface area contributed by atoms with E-state index in [1.807, 2.05) is 6.92 Å². The average Bonchev–Trinajstić information content (AvgIpc) is 2.22. The zero-order valence-electron chi connectivity index (χ0n) is 10.7. The number of allylic oxidation sites excluding steroid dienone is 5. The Hall–Kier alpha value is -0.820. The zero-order valence-corrected chi connectivity index (χ0v) is 10.7. The predicted molar refractivity (Wildman–Crippen MR) is 69.8 cm³/mol. The van der Waals surface area contributed by atoms with Crippen molar-refractivity contribution in [3.05, 3.63) is 35.5 Å². The molecule has 0 aliphatic carbocycles. The summed E-state index contributed by atoms with van der Waals surface area (Å²) in [6, 6.07) is 0.225. The number of rotatable bonds is 5. The lowest BCUT2D eigenvalue weighted by atomic mass is 9.96. The third kappa shape index (κ3) is 6.29. The molecule has 0 heterocycles. The van der Waals surface area contributed by atoms with Crippen LogP contribution in [0.5, 0.6) is 0 Å². The van der Waals surface area contributed by atoms with E-state index in [1.165, 1.54) is 11.1 Å². The molecule has 0 aliphatic rings. The molecule has 1 nitrogen and oxygen atoms in total. The van der Waals surface area contributed by atoms with E-state index < -0.39 is 0 Å². The summed E-state index contributed by atoms with van der Waals surface area (Å²) in [6.45, 7) is 10.7. The van der Waals surface area contributed by atoms with Gasteiger partial charge in [0.05, 0.1) is 0 Å². The second-order valence-electron chi connectivity index (χ2n) is 4.31. The van der Waals surface area contributed by atoms with Crippen LogP contribution in [0.15, 0.2) is 35.5 Å². The molecule has 0 saturated heterocycles. The molecule has 2 unspecified atom stereocenters. The van der Waals surface area contributed by atoms with Crippen LogP contribution >= 0.6 is 0 Å². The van der Waals surface area contributed by atoms with Gasteiger partial charge >= 0.3 is 0 Å². The van der Waals surface area contributed by atoms with E-state index in [4.69, 9.17) is 5.73 Å². The van der Waals surface area contributed by atoms with Gasteiger partial charge in [0.15, 0.2) is 0 Å². The molecule has 0 fully saturated rings.